The summed E-state index contributed by atoms with van der Waals surface area (Å²) in [6, 6.07) is 8.04. The fourth-order valence-corrected chi connectivity index (χ4v) is 2.23. The first-order valence-electron chi connectivity index (χ1n) is 6.40. The van der Waals surface area contributed by atoms with Gasteiger partial charge in [0.25, 0.3) is 0 Å². The number of carbonyl (C=O) groups excluding carboxylic acids is 1. The Kier molecular flexibility index (Phi) is 4.36. The topological polar surface area (TPSA) is 70.9 Å². The van der Waals surface area contributed by atoms with Crippen LogP contribution in [0.2, 0.25) is 0 Å². The monoisotopic (exact) mass is 257 g/mol. The van der Waals surface area contributed by atoms with Crippen LogP contribution in [0.15, 0.2) is 43.1 Å². The van der Waals surface area contributed by atoms with Gasteiger partial charge in [-0.15, -0.1) is 6.58 Å². The zero-order chi connectivity index (χ0) is 13.7. The summed E-state index contributed by atoms with van der Waals surface area (Å²) < 4.78 is 0. The number of aromatic amines is 1. The molecule has 0 fully saturated rings. The predicted octanol–water partition coefficient (Wildman–Crippen LogP) is 1.90. The lowest BCUT2D eigenvalue weighted by Crippen LogP contribution is -2.27. The van der Waals surface area contributed by atoms with Crippen LogP contribution in [0.5, 0.6) is 0 Å². The number of nitrogens with two attached hydrogens (primary N) is 1. The zero-order valence-electron chi connectivity index (χ0n) is 10.9. The van der Waals surface area contributed by atoms with Crippen molar-refractivity contribution in [1.29, 1.82) is 0 Å². The van der Waals surface area contributed by atoms with Crippen molar-refractivity contribution in [1.82, 2.24) is 10.3 Å². The largest absolute Gasteiger partial charge is 0.361 e. The van der Waals surface area contributed by atoms with E-state index < -0.39 is 0 Å². The molecule has 0 aliphatic rings. The van der Waals surface area contributed by atoms with E-state index in [1.807, 2.05) is 30.5 Å². The van der Waals surface area contributed by atoms with E-state index in [0.29, 0.717) is 19.5 Å². The quantitative estimate of drug-likeness (QED) is 0.692. The van der Waals surface area contributed by atoms with Gasteiger partial charge in [0.05, 0.1) is 0 Å². The van der Waals surface area contributed by atoms with Crippen LogP contribution in [0.1, 0.15) is 17.9 Å². The van der Waals surface area contributed by atoms with Gasteiger partial charge < -0.3 is 16.0 Å². The third kappa shape index (κ3) is 3.03. The lowest BCUT2D eigenvalue weighted by atomic mass is 9.95. The Labute approximate surface area is 112 Å². The Bertz CT molecular complexity index is 574. The predicted molar refractivity (Wildman–Crippen MR) is 77.9 cm³/mol. The number of rotatable bonds is 6. The maximum Gasteiger partial charge on any atom is 0.220 e. The molecule has 1 aromatic heterocycles. The van der Waals surface area contributed by atoms with Gasteiger partial charge in [-0.3, -0.25) is 4.79 Å². The zero-order valence-corrected chi connectivity index (χ0v) is 10.9. The molecule has 1 heterocycles. The number of H-pyrrole nitrogens is 1. The Morgan fingerprint density at radius 2 is 2.26 bits per heavy atom. The second-order valence-electron chi connectivity index (χ2n) is 4.52. The third-order valence-corrected chi connectivity index (χ3v) is 3.22. The van der Waals surface area contributed by atoms with Gasteiger partial charge in [0.1, 0.15) is 0 Å². The van der Waals surface area contributed by atoms with E-state index in [4.69, 9.17) is 5.73 Å². The highest BCUT2D eigenvalue weighted by Crippen LogP contribution is 2.27. The van der Waals surface area contributed by atoms with Gasteiger partial charge in [-0.1, -0.05) is 24.3 Å². The van der Waals surface area contributed by atoms with Gasteiger partial charge in [0, 0.05) is 36.0 Å². The number of amides is 1. The molecule has 100 valence electrons. The number of hydrogen-bond donors (Lipinski definition) is 3. The van der Waals surface area contributed by atoms with Crippen molar-refractivity contribution in [3.63, 3.8) is 0 Å². The molecule has 1 aromatic carbocycles. The number of nitrogens with one attached hydrogen (secondary N) is 2. The van der Waals surface area contributed by atoms with Crippen molar-refractivity contribution in [3.05, 3.63) is 48.7 Å². The molecule has 1 amide bonds. The Hall–Kier alpha value is -2.07. The maximum absolute atomic E-state index is 11.8. The molecule has 0 spiro atoms. The van der Waals surface area contributed by atoms with Crippen LogP contribution in [0.4, 0.5) is 0 Å². The molecular formula is C15H19N3O. The second kappa shape index (κ2) is 6.20. The van der Waals surface area contributed by atoms with Crippen LogP contribution in [-0.2, 0) is 4.79 Å². The summed E-state index contributed by atoms with van der Waals surface area (Å²) in [6.07, 6.45) is 4.01. The molecule has 19 heavy (non-hydrogen) atoms. The molecular weight excluding hydrogens is 238 g/mol. The van der Waals surface area contributed by atoms with Crippen molar-refractivity contribution in [2.24, 2.45) is 5.73 Å². The molecule has 0 aliphatic carbocycles. The van der Waals surface area contributed by atoms with E-state index in [1.165, 1.54) is 0 Å². The summed E-state index contributed by atoms with van der Waals surface area (Å²) in [7, 11) is 0. The lowest BCUT2D eigenvalue weighted by molar-refractivity contribution is -0.121. The molecule has 0 aliphatic heterocycles. The maximum atomic E-state index is 11.8. The van der Waals surface area contributed by atoms with Gasteiger partial charge in [0.2, 0.25) is 5.91 Å². The van der Waals surface area contributed by atoms with Crippen molar-refractivity contribution in [2.75, 3.05) is 13.1 Å². The summed E-state index contributed by atoms with van der Waals surface area (Å²) in [6.45, 7) is 4.52. The fraction of sp³-hybridized carbons (Fsp3) is 0.267. The summed E-state index contributed by atoms with van der Waals surface area (Å²) in [5.41, 5.74) is 7.99. The number of aromatic nitrogens is 1. The Morgan fingerprint density at radius 1 is 1.47 bits per heavy atom. The van der Waals surface area contributed by atoms with E-state index in [1.54, 1.807) is 6.08 Å². The fourth-order valence-electron chi connectivity index (χ4n) is 2.23. The van der Waals surface area contributed by atoms with E-state index in [0.717, 1.165) is 16.5 Å². The minimum absolute atomic E-state index is 0.000584. The molecule has 1 unspecified atom stereocenters. The first-order valence-corrected chi connectivity index (χ1v) is 6.40. The summed E-state index contributed by atoms with van der Waals surface area (Å²) >= 11 is 0. The summed E-state index contributed by atoms with van der Waals surface area (Å²) in [4.78, 5) is 15.0. The van der Waals surface area contributed by atoms with Crippen molar-refractivity contribution in [3.8, 4) is 0 Å². The van der Waals surface area contributed by atoms with Crippen molar-refractivity contribution in [2.45, 2.75) is 12.3 Å². The minimum Gasteiger partial charge on any atom is -0.361 e. The number of carbonyl (C=O) groups is 1. The van der Waals surface area contributed by atoms with Gasteiger partial charge in [0.15, 0.2) is 0 Å². The van der Waals surface area contributed by atoms with E-state index in [2.05, 4.69) is 16.9 Å². The van der Waals surface area contributed by atoms with E-state index in [-0.39, 0.29) is 11.8 Å². The molecule has 4 heteroatoms. The highest BCUT2D eigenvalue weighted by molar-refractivity contribution is 5.85. The van der Waals surface area contributed by atoms with Crippen LogP contribution in [0.3, 0.4) is 0 Å². The SMILES string of the molecule is C=CCNC(=O)CC(CN)c1c[nH]c2ccccc12. The van der Waals surface area contributed by atoms with Crippen LogP contribution in [-0.4, -0.2) is 24.0 Å². The summed E-state index contributed by atoms with van der Waals surface area (Å²) in [5, 5.41) is 3.92. The molecule has 2 aromatic rings. The van der Waals surface area contributed by atoms with E-state index >= 15 is 0 Å². The van der Waals surface area contributed by atoms with Crippen molar-refractivity contribution >= 4 is 16.8 Å². The molecule has 0 radical (unpaired) electrons. The number of benzene rings is 1. The highest BCUT2D eigenvalue weighted by atomic mass is 16.1. The first kappa shape index (κ1) is 13.4. The molecule has 0 saturated carbocycles. The van der Waals surface area contributed by atoms with Gasteiger partial charge in [-0.2, -0.15) is 0 Å². The minimum atomic E-state index is 0.000584. The average molecular weight is 257 g/mol. The highest BCUT2D eigenvalue weighted by Gasteiger charge is 2.17. The smallest absolute Gasteiger partial charge is 0.220 e. The van der Waals surface area contributed by atoms with Gasteiger partial charge >= 0.3 is 0 Å². The van der Waals surface area contributed by atoms with Crippen LogP contribution in [0, 0.1) is 0 Å². The van der Waals surface area contributed by atoms with E-state index in [9.17, 15) is 4.79 Å². The van der Waals surface area contributed by atoms with Gasteiger partial charge in [-0.05, 0) is 18.2 Å². The van der Waals surface area contributed by atoms with Gasteiger partial charge in [-0.25, -0.2) is 0 Å². The molecule has 1 atom stereocenters. The normalized spacial score (nSPS) is 12.3. The molecule has 4 N–H and O–H groups in total. The molecule has 0 bridgehead atoms. The third-order valence-electron chi connectivity index (χ3n) is 3.22. The van der Waals surface area contributed by atoms with Crippen molar-refractivity contribution < 1.29 is 4.79 Å². The number of fused-ring (bicyclic) bond motifs is 1. The lowest BCUT2D eigenvalue weighted by Gasteiger charge is -2.13. The molecule has 2 rings (SSSR count). The van der Waals surface area contributed by atoms with Crippen LogP contribution in [0.25, 0.3) is 10.9 Å². The number of para-hydroxylation sites is 1. The molecule has 4 nitrogen and oxygen atoms in total. The average Bonchev–Trinajstić information content (AvgIpc) is 2.86. The summed E-state index contributed by atoms with van der Waals surface area (Å²) in [5.74, 6) is 0.0293. The number of hydrogen-bond acceptors (Lipinski definition) is 2. The van der Waals surface area contributed by atoms with Crippen LogP contribution >= 0.6 is 0 Å². The molecule has 0 saturated heterocycles. The standard InChI is InChI=1S/C15H19N3O/c1-2-7-17-15(19)8-11(9-16)13-10-18-14-6-4-3-5-12(13)14/h2-6,10-11,18H,1,7-9,16H2,(H,17,19). The Morgan fingerprint density at radius 3 is 3.00 bits per heavy atom. The Balaban J connectivity index is 2.17. The second-order valence-corrected chi connectivity index (χ2v) is 4.52. The van der Waals surface area contributed by atoms with Crippen LogP contribution < -0.4 is 11.1 Å². The first-order chi connectivity index (χ1) is 9.26.